The molecule has 0 spiro atoms. The first-order valence-electron chi connectivity index (χ1n) is 5.18. The lowest BCUT2D eigenvalue weighted by Crippen LogP contribution is -2.46. The molecule has 1 aliphatic rings. The molecule has 0 aromatic heterocycles. The van der Waals surface area contributed by atoms with Gasteiger partial charge in [0.2, 0.25) is 0 Å². The van der Waals surface area contributed by atoms with Crippen LogP contribution >= 0.6 is 0 Å². The van der Waals surface area contributed by atoms with Crippen LogP contribution in [0.1, 0.15) is 6.42 Å². The van der Waals surface area contributed by atoms with Gasteiger partial charge in [-0.3, -0.25) is 4.90 Å². The molecular formula is C10H19NO4. The highest BCUT2D eigenvalue weighted by Crippen LogP contribution is 2.07. The van der Waals surface area contributed by atoms with E-state index in [1.54, 1.807) is 7.11 Å². The number of hydrogen-bond donors (Lipinski definition) is 0. The molecule has 1 rings (SSSR count). The lowest BCUT2D eigenvalue weighted by atomic mass is 10.2. The third kappa shape index (κ3) is 4.15. The van der Waals surface area contributed by atoms with Gasteiger partial charge in [-0.25, -0.2) is 4.79 Å². The van der Waals surface area contributed by atoms with Crippen molar-refractivity contribution in [1.82, 2.24) is 4.90 Å². The van der Waals surface area contributed by atoms with Crippen molar-refractivity contribution in [1.29, 1.82) is 0 Å². The van der Waals surface area contributed by atoms with Crippen LogP contribution in [0.5, 0.6) is 0 Å². The summed E-state index contributed by atoms with van der Waals surface area (Å²) in [6.45, 7) is 3.77. The summed E-state index contributed by atoms with van der Waals surface area (Å²) in [5.74, 6) is -0.286. The Morgan fingerprint density at radius 3 is 3.00 bits per heavy atom. The fourth-order valence-electron chi connectivity index (χ4n) is 1.61. The normalized spacial score (nSPS) is 22.7. The van der Waals surface area contributed by atoms with Crippen LogP contribution in [0.3, 0.4) is 0 Å². The van der Waals surface area contributed by atoms with Gasteiger partial charge >= 0.3 is 5.97 Å². The second-order valence-corrected chi connectivity index (χ2v) is 3.53. The van der Waals surface area contributed by atoms with Gasteiger partial charge in [0, 0.05) is 33.4 Å². The smallest absolute Gasteiger partial charge is 0.336 e. The van der Waals surface area contributed by atoms with E-state index in [0.29, 0.717) is 13.2 Å². The summed E-state index contributed by atoms with van der Waals surface area (Å²) >= 11 is 0. The highest BCUT2D eigenvalue weighted by molar-refractivity contribution is 5.74. The predicted molar refractivity (Wildman–Crippen MR) is 54.7 cm³/mol. The summed E-state index contributed by atoms with van der Waals surface area (Å²) in [6, 6.07) is 0. The molecule has 0 radical (unpaired) electrons. The minimum Gasteiger partial charge on any atom is -0.467 e. The first-order valence-corrected chi connectivity index (χ1v) is 5.18. The number of carbonyl (C=O) groups excluding carboxylic acids is 1. The zero-order valence-electron chi connectivity index (χ0n) is 9.40. The zero-order valence-corrected chi connectivity index (χ0v) is 9.40. The summed E-state index contributed by atoms with van der Waals surface area (Å²) in [7, 11) is 3.08. The first-order chi connectivity index (χ1) is 7.27. The van der Waals surface area contributed by atoms with Crippen molar-refractivity contribution < 1.29 is 19.0 Å². The van der Waals surface area contributed by atoms with E-state index < -0.39 is 6.10 Å². The van der Waals surface area contributed by atoms with Crippen molar-refractivity contribution in [2.75, 3.05) is 47.1 Å². The maximum atomic E-state index is 11.2. The van der Waals surface area contributed by atoms with Crippen LogP contribution in [0.15, 0.2) is 0 Å². The highest BCUT2D eigenvalue weighted by Gasteiger charge is 2.26. The molecule has 0 aliphatic carbocycles. The van der Waals surface area contributed by atoms with Gasteiger partial charge in [0.15, 0.2) is 6.10 Å². The van der Waals surface area contributed by atoms with E-state index in [1.807, 2.05) is 0 Å². The third-order valence-corrected chi connectivity index (χ3v) is 2.44. The standard InChI is InChI=1S/C10H19NO4/c1-13-6-3-4-11-5-7-15-9(8-11)10(12)14-2/h9H,3-8H2,1-2H3. The van der Waals surface area contributed by atoms with E-state index >= 15 is 0 Å². The Balaban J connectivity index is 2.26. The van der Waals surface area contributed by atoms with Crippen molar-refractivity contribution in [2.24, 2.45) is 0 Å². The fraction of sp³-hybridized carbons (Fsp3) is 0.900. The molecule has 88 valence electrons. The first kappa shape index (κ1) is 12.4. The zero-order chi connectivity index (χ0) is 11.1. The van der Waals surface area contributed by atoms with Gasteiger partial charge < -0.3 is 14.2 Å². The Labute approximate surface area is 90.3 Å². The third-order valence-electron chi connectivity index (χ3n) is 2.44. The molecule has 1 fully saturated rings. The Hall–Kier alpha value is -0.650. The van der Waals surface area contributed by atoms with E-state index in [0.717, 1.165) is 26.1 Å². The summed E-state index contributed by atoms with van der Waals surface area (Å²) in [4.78, 5) is 13.4. The molecule has 15 heavy (non-hydrogen) atoms. The Morgan fingerprint density at radius 1 is 1.53 bits per heavy atom. The molecule has 1 heterocycles. The monoisotopic (exact) mass is 217 g/mol. The van der Waals surface area contributed by atoms with Crippen LogP contribution in [0.25, 0.3) is 0 Å². The van der Waals surface area contributed by atoms with Crippen LogP contribution in [0.2, 0.25) is 0 Å². The van der Waals surface area contributed by atoms with E-state index in [1.165, 1.54) is 7.11 Å². The van der Waals surface area contributed by atoms with Gasteiger partial charge in [0.25, 0.3) is 0 Å². The van der Waals surface area contributed by atoms with Gasteiger partial charge in [0.1, 0.15) is 0 Å². The van der Waals surface area contributed by atoms with Crippen LogP contribution in [0, 0.1) is 0 Å². The quantitative estimate of drug-likeness (QED) is 0.475. The second kappa shape index (κ2) is 6.76. The highest BCUT2D eigenvalue weighted by atomic mass is 16.6. The molecule has 5 heteroatoms. The topological polar surface area (TPSA) is 48.0 Å². The molecule has 1 unspecified atom stereocenters. The van der Waals surface area contributed by atoms with Crippen LogP contribution in [-0.4, -0.2) is 64.0 Å². The van der Waals surface area contributed by atoms with Gasteiger partial charge in [-0.05, 0) is 6.42 Å². The Morgan fingerprint density at radius 2 is 2.33 bits per heavy atom. The van der Waals surface area contributed by atoms with Gasteiger partial charge in [-0.2, -0.15) is 0 Å². The van der Waals surface area contributed by atoms with Crippen molar-refractivity contribution in [3.05, 3.63) is 0 Å². The predicted octanol–water partition coefficient (Wildman–Crippen LogP) is -0.103. The number of rotatable bonds is 5. The lowest BCUT2D eigenvalue weighted by Gasteiger charge is -2.31. The number of esters is 1. The van der Waals surface area contributed by atoms with Crippen molar-refractivity contribution >= 4 is 5.97 Å². The molecule has 1 atom stereocenters. The Kier molecular flexibility index (Phi) is 5.60. The van der Waals surface area contributed by atoms with Crippen LogP contribution < -0.4 is 0 Å². The van der Waals surface area contributed by atoms with Gasteiger partial charge in [-0.15, -0.1) is 0 Å². The summed E-state index contributed by atoms with van der Waals surface area (Å²) in [5.41, 5.74) is 0. The number of hydrogen-bond acceptors (Lipinski definition) is 5. The van der Waals surface area contributed by atoms with E-state index in [-0.39, 0.29) is 5.97 Å². The molecule has 0 amide bonds. The molecule has 0 aromatic carbocycles. The average Bonchev–Trinajstić information content (AvgIpc) is 2.29. The molecular weight excluding hydrogens is 198 g/mol. The molecule has 0 aromatic rings. The Bertz CT molecular complexity index is 198. The van der Waals surface area contributed by atoms with E-state index in [4.69, 9.17) is 9.47 Å². The number of methoxy groups -OCH3 is 2. The number of carbonyl (C=O) groups is 1. The lowest BCUT2D eigenvalue weighted by molar-refractivity contribution is -0.159. The van der Waals surface area contributed by atoms with Crippen LogP contribution in [-0.2, 0) is 19.0 Å². The fourth-order valence-corrected chi connectivity index (χ4v) is 1.61. The summed E-state index contributed by atoms with van der Waals surface area (Å²) in [6.07, 6.45) is 0.552. The van der Waals surface area contributed by atoms with E-state index in [2.05, 4.69) is 9.64 Å². The van der Waals surface area contributed by atoms with Crippen LogP contribution in [0.4, 0.5) is 0 Å². The maximum absolute atomic E-state index is 11.2. The summed E-state index contributed by atoms with van der Waals surface area (Å²) < 4.78 is 14.9. The van der Waals surface area contributed by atoms with E-state index in [9.17, 15) is 4.79 Å². The maximum Gasteiger partial charge on any atom is 0.336 e. The molecule has 1 aliphatic heterocycles. The molecule has 1 saturated heterocycles. The molecule has 0 saturated carbocycles. The molecule has 0 N–H and O–H groups in total. The molecule has 0 bridgehead atoms. The van der Waals surface area contributed by atoms with Crippen molar-refractivity contribution in [3.63, 3.8) is 0 Å². The largest absolute Gasteiger partial charge is 0.467 e. The second-order valence-electron chi connectivity index (χ2n) is 3.53. The number of morpholine rings is 1. The minimum atomic E-state index is -0.425. The summed E-state index contributed by atoms with van der Waals surface area (Å²) in [5, 5.41) is 0. The van der Waals surface area contributed by atoms with Gasteiger partial charge in [0.05, 0.1) is 13.7 Å². The van der Waals surface area contributed by atoms with Crippen molar-refractivity contribution in [2.45, 2.75) is 12.5 Å². The number of ether oxygens (including phenoxy) is 3. The van der Waals surface area contributed by atoms with Gasteiger partial charge in [-0.1, -0.05) is 0 Å². The SMILES string of the molecule is COCCCN1CCOC(C(=O)OC)C1. The average molecular weight is 217 g/mol. The number of nitrogens with zero attached hydrogens (tertiary/aromatic N) is 1. The molecule has 5 nitrogen and oxygen atoms in total. The van der Waals surface area contributed by atoms with Crippen molar-refractivity contribution in [3.8, 4) is 0 Å². The minimum absolute atomic E-state index is 0.286.